The molecule has 0 bridgehead atoms. The van der Waals surface area contributed by atoms with Crippen LogP contribution in [-0.4, -0.2) is 53.1 Å². The van der Waals surface area contributed by atoms with Gasteiger partial charge in [0.05, 0.1) is 0 Å². The Labute approximate surface area is 133 Å². The van der Waals surface area contributed by atoms with Crippen molar-refractivity contribution in [2.75, 3.05) is 27.2 Å². The summed E-state index contributed by atoms with van der Waals surface area (Å²) in [6.45, 7) is 1.48. The van der Waals surface area contributed by atoms with E-state index >= 15 is 0 Å². The zero-order valence-electron chi connectivity index (χ0n) is 13.2. The molecule has 2 N–H and O–H groups in total. The molecule has 0 saturated heterocycles. The Hall–Kier alpha value is -2.67. The van der Waals surface area contributed by atoms with Crippen molar-refractivity contribution in [2.24, 2.45) is 0 Å². The third-order valence-electron chi connectivity index (χ3n) is 3.52. The van der Waals surface area contributed by atoms with Crippen LogP contribution in [0, 0.1) is 0 Å². The Kier molecular flexibility index (Phi) is 4.38. The number of benzene rings is 1. The molecule has 2 heterocycles. The molecule has 0 aliphatic carbocycles. The molecule has 2 aromatic heterocycles. The first kappa shape index (κ1) is 15.2. The highest BCUT2D eigenvalue weighted by Crippen LogP contribution is 2.25. The number of hydrogen-bond acceptors (Lipinski definition) is 5. The smallest absolute Gasteiger partial charge is 0.316 e. The molecule has 0 spiro atoms. The second-order valence-electron chi connectivity index (χ2n) is 5.58. The predicted octanol–water partition coefficient (Wildman–Crippen LogP) is 1.90. The molecule has 1 amide bonds. The Bertz CT molecular complexity index is 806. The summed E-state index contributed by atoms with van der Waals surface area (Å²) >= 11 is 0. The Morgan fingerprint density at radius 2 is 2.22 bits per heavy atom. The summed E-state index contributed by atoms with van der Waals surface area (Å²) in [7, 11) is 3.99. The number of carbonyl (C=O) groups is 1. The van der Waals surface area contributed by atoms with Gasteiger partial charge < -0.3 is 19.7 Å². The van der Waals surface area contributed by atoms with Gasteiger partial charge in [-0.2, -0.15) is 4.98 Å². The fourth-order valence-corrected chi connectivity index (χ4v) is 2.38. The molecule has 7 nitrogen and oxygen atoms in total. The fourth-order valence-electron chi connectivity index (χ4n) is 2.38. The standard InChI is InChI=1S/C16H19N5O2/c1-21(2)10-4-8-18-15(22)16-19-14(20-23-16)12-5-3-6-13-11(12)7-9-17-13/h3,5-7,9,17H,4,8,10H2,1-2H3,(H,18,22). The van der Waals surface area contributed by atoms with Crippen molar-refractivity contribution in [3.63, 3.8) is 0 Å². The number of fused-ring (bicyclic) bond motifs is 1. The first-order chi connectivity index (χ1) is 11.1. The molecular formula is C16H19N5O2. The molecule has 0 aliphatic heterocycles. The van der Waals surface area contributed by atoms with Crippen molar-refractivity contribution in [1.29, 1.82) is 0 Å². The molecule has 3 aromatic rings. The molecule has 1 aromatic carbocycles. The molecule has 0 aliphatic rings. The van der Waals surface area contributed by atoms with Gasteiger partial charge in [0, 0.05) is 29.2 Å². The summed E-state index contributed by atoms with van der Waals surface area (Å²) < 4.78 is 5.09. The first-order valence-electron chi connectivity index (χ1n) is 7.48. The zero-order valence-corrected chi connectivity index (χ0v) is 13.2. The van der Waals surface area contributed by atoms with Gasteiger partial charge in [-0.15, -0.1) is 0 Å². The van der Waals surface area contributed by atoms with Crippen LogP contribution in [0.4, 0.5) is 0 Å². The lowest BCUT2D eigenvalue weighted by Gasteiger charge is -2.08. The molecule has 0 atom stereocenters. The van der Waals surface area contributed by atoms with Crippen molar-refractivity contribution < 1.29 is 9.32 Å². The number of carbonyl (C=O) groups excluding carboxylic acids is 1. The Balaban J connectivity index is 1.70. The molecule has 0 radical (unpaired) electrons. The van der Waals surface area contributed by atoms with Crippen molar-refractivity contribution >= 4 is 16.8 Å². The number of nitrogens with one attached hydrogen (secondary N) is 2. The first-order valence-corrected chi connectivity index (χ1v) is 7.48. The highest BCUT2D eigenvalue weighted by atomic mass is 16.5. The maximum Gasteiger partial charge on any atom is 0.316 e. The van der Waals surface area contributed by atoms with Gasteiger partial charge in [0.25, 0.3) is 0 Å². The van der Waals surface area contributed by atoms with Crippen LogP contribution in [0.15, 0.2) is 35.0 Å². The van der Waals surface area contributed by atoms with Gasteiger partial charge in [0.15, 0.2) is 0 Å². The molecule has 23 heavy (non-hydrogen) atoms. The molecule has 0 unspecified atom stereocenters. The van der Waals surface area contributed by atoms with Gasteiger partial charge in [0.2, 0.25) is 5.82 Å². The van der Waals surface area contributed by atoms with E-state index in [1.165, 1.54) is 0 Å². The number of H-pyrrole nitrogens is 1. The van der Waals surface area contributed by atoms with E-state index in [1.54, 1.807) is 0 Å². The summed E-state index contributed by atoms with van der Waals surface area (Å²) in [5.41, 5.74) is 1.82. The van der Waals surface area contributed by atoms with Crippen LogP contribution < -0.4 is 5.32 Å². The second kappa shape index (κ2) is 6.62. The van der Waals surface area contributed by atoms with Crippen molar-refractivity contribution in [3.8, 4) is 11.4 Å². The van der Waals surface area contributed by atoms with E-state index < -0.39 is 0 Å². The average Bonchev–Trinajstić information content (AvgIpc) is 3.19. The summed E-state index contributed by atoms with van der Waals surface area (Å²) in [4.78, 5) is 21.4. The monoisotopic (exact) mass is 313 g/mol. The highest BCUT2D eigenvalue weighted by Gasteiger charge is 2.17. The lowest BCUT2D eigenvalue weighted by Crippen LogP contribution is -2.27. The van der Waals surface area contributed by atoms with Gasteiger partial charge in [0.1, 0.15) is 0 Å². The average molecular weight is 313 g/mol. The molecule has 7 heteroatoms. The van der Waals surface area contributed by atoms with E-state index in [9.17, 15) is 4.79 Å². The van der Waals surface area contributed by atoms with Crippen molar-refractivity contribution in [1.82, 2.24) is 25.3 Å². The van der Waals surface area contributed by atoms with Gasteiger partial charge in [-0.3, -0.25) is 4.79 Å². The van der Waals surface area contributed by atoms with Crippen molar-refractivity contribution in [2.45, 2.75) is 6.42 Å². The number of aromatic nitrogens is 3. The maximum atomic E-state index is 12.0. The minimum absolute atomic E-state index is 0.0163. The maximum absolute atomic E-state index is 12.0. The largest absolute Gasteiger partial charge is 0.361 e. The van der Waals surface area contributed by atoms with Crippen LogP contribution in [-0.2, 0) is 0 Å². The van der Waals surface area contributed by atoms with Crippen LogP contribution in [0.25, 0.3) is 22.3 Å². The Morgan fingerprint density at radius 3 is 3.04 bits per heavy atom. The topological polar surface area (TPSA) is 87.0 Å². The number of rotatable bonds is 6. The van der Waals surface area contributed by atoms with E-state index in [4.69, 9.17) is 4.52 Å². The van der Waals surface area contributed by atoms with Crippen LogP contribution in [0.3, 0.4) is 0 Å². The summed E-state index contributed by atoms with van der Waals surface area (Å²) in [6.07, 6.45) is 2.72. The van der Waals surface area contributed by atoms with Crippen LogP contribution in [0.2, 0.25) is 0 Å². The lowest BCUT2D eigenvalue weighted by atomic mass is 10.1. The van der Waals surface area contributed by atoms with Crippen molar-refractivity contribution in [3.05, 3.63) is 36.4 Å². The van der Waals surface area contributed by atoms with E-state index in [2.05, 4.69) is 25.3 Å². The molecular weight excluding hydrogens is 294 g/mol. The number of amides is 1. The summed E-state index contributed by atoms with van der Waals surface area (Å²) in [5.74, 6) is 0.0507. The van der Waals surface area contributed by atoms with Crippen LogP contribution in [0.1, 0.15) is 17.1 Å². The second-order valence-corrected chi connectivity index (χ2v) is 5.58. The molecule has 0 saturated carbocycles. The minimum atomic E-state index is -0.344. The van der Waals surface area contributed by atoms with Gasteiger partial charge in [-0.1, -0.05) is 17.3 Å². The summed E-state index contributed by atoms with van der Waals surface area (Å²) in [6, 6.07) is 7.73. The highest BCUT2D eigenvalue weighted by molar-refractivity contribution is 5.94. The molecule has 3 rings (SSSR count). The van der Waals surface area contributed by atoms with E-state index in [1.807, 2.05) is 44.6 Å². The fraction of sp³-hybridized carbons (Fsp3) is 0.312. The number of aromatic amines is 1. The molecule has 0 fully saturated rings. The summed E-state index contributed by atoms with van der Waals surface area (Å²) in [5, 5.41) is 7.70. The van der Waals surface area contributed by atoms with Gasteiger partial charge in [-0.25, -0.2) is 0 Å². The number of nitrogens with zero attached hydrogens (tertiary/aromatic N) is 3. The van der Waals surface area contributed by atoms with E-state index in [0.29, 0.717) is 12.4 Å². The molecule has 120 valence electrons. The predicted molar refractivity (Wildman–Crippen MR) is 87.1 cm³/mol. The normalized spacial score (nSPS) is 11.3. The Morgan fingerprint density at radius 1 is 1.35 bits per heavy atom. The van der Waals surface area contributed by atoms with Gasteiger partial charge >= 0.3 is 11.8 Å². The SMILES string of the molecule is CN(C)CCCNC(=O)c1nc(-c2cccc3[nH]ccc23)no1. The number of hydrogen-bond donors (Lipinski definition) is 2. The zero-order chi connectivity index (χ0) is 16.2. The van der Waals surface area contributed by atoms with Gasteiger partial charge in [-0.05, 0) is 39.2 Å². The quantitative estimate of drug-likeness (QED) is 0.679. The van der Waals surface area contributed by atoms with E-state index in [-0.39, 0.29) is 11.8 Å². The van der Waals surface area contributed by atoms with Crippen LogP contribution >= 0.6 is 0 Å². The minimum Gasteiger partial charge on any atom is -0.361 e. The van der Waals surface area contributed by atoms with Crippen LogP contribution in [0.5, 0.6) is 0 Å². The van der Waals surface area contributed by atoms with E-state index in [0.717, 1.165) is 29.4 Å². The lowest BCUT2D eigenvalue weighted by molar-refractivity contribution is 0.0908. The third-order valence-corrected chi connectivity index (χ3v) is 3.52. The third kappa shape index (κ3) is 3.40.